The summed E-state index contributed by atoms with van der Waals surface area (Å²) in [6.07, 6.45) is 5.06. The summed E-state index contributed by atoms with van der Waals surface area (Å²) in [5, 5.41) is 3.40. The molecule has 0 aliphatic carbocycles. The number of halogens is 2. The van der Waals surface area contributed by atoms with Gasteiger partial charge in [-0.2, -0.15) is 0 Å². The lowest BCUT2D eigenvalue weighted by atomic mass is 10.1. The second kappa shape index (κ2) is 9.94. The molecule has 0 atom stereocenters. The van der Waals surface area contributed by atoms with Gasteiger partial charge in [0.25, 0.3) is 5.91 Å². The maximum Gasteiger partial charge on any atom is 0.258 e. The van der Waals surface area contributed by atoms with Crippen LogP contribution in [0.3, 0.4) is 0 Å². The summed E-state index contributed by atoms with van der Waals surface area (Å²) in [6, 6.07) is 8.51. The number of carbonyl (C=O) groups is 2. The van der Waals surface area contributed by atoms with Crippen LogP contribution in [0.1, 0.15) is 36.5 Å². The van der Waals surface area contributed by atoms with Crippen LogP contribution in [0.4, 0.5) is 11.5 Å². The monoisotopic (exact) mass is 434 g/mol. The molecule has 3 rings (SSSR count). The van der Waals surface area contributed by atoms with Gasteiger partial charge in [0.2, 0.25) is 5.91 Å². The van der Waals surface area contributed by atoms with Gasteiger partial charge in [0.1, 0.15) is 12.4 Å². The van der Waals surface area contributed by atoms with Crippen molar-refractivity contribution in [2.75, 3.05) is 36.4 Å². The third-order valence-corrected chi connectivity index (χ3v) is 5.53. The molecule has 0 unspecified atom stereocenters. The number of carbonyl (C=O) groups excluding carboxylic acids is 2. The maximum atomic E-state index is 13.2. The zero-order valence-corrected chi connectivity index (χ0v) is 17.8. The van der Waals surface area contributed by atoms with Gasteiger partial charge in [-0.1, -0.05) is 29.3 Å². The summed E-state index contributed by atoms with van der Waals surface area (Å²) in [5.41, 5.74) is 0.861. The molecule has 1 saturated heterocycles. The number of benzene rings is 1. The number of piperidine rings is 1. The highest BCUT2D eigenvalue weighted by Crippen LogP contribution is 2.30. The molecule has 1 aromatic heterocycles. The molecule has 0 bridgehead atoms. The predicted octanol–water partition coefficient (Wildman–Crippen LogP) is 4.48. The smallest absolute Gasteiger partial charge is 0.258 e. The van der Waals surface area contributed by atoms with E-state index in [1.807, 2.05) is 6.92 Å². The summed E-state index contributed by atoms with van der Waals surface area (Å²) in [7, 11) is 0. The van der Waals surface area contributed by atoms with Crippen molar-refractivity contribution in [3.8, 4) is 0 Å². The van der Waals surface area contributed by atoms with Crippen LogP contribution in [0.2, 0.25) is 10.0 Å². The fraction of sp³-hybridized carbons (Fsp3) is 0.381. The largest absolute Gasteiger partial charge is 0.356 e. The van der Waals surface area contributed by atoms with E-state index in [1.165, 1.54) is 11.3 Å². The number of nitrogens with zero attached hydrogens (tertiary/aromatic N) is 3. The number of hydrogen-bond acceptors (Lipinski definition) is 4. The number of aromatic nitrogens is 1. The van der Waals surface area contributed by atoms with Gasteiger partial charge in [-0.15, -0.1) is 0 Å². The molecular formula is C21H24Cl2N4O2. The highest BCUT2D eigenvalue weighted by atomic mass is 35.5. The lowest BCUT2D eigenvalue weighted by Gasteiger charge is -2.30. The van der Waals surface area contributed by atoms with Crippen molar-refractivity contribution in [3.05, 3.63) is 52.1 Å². The van der Waals surface area contributed by atoms with Crippen molar-refractivity contribution in [2.45, 2.75) is 26.2 Å². The van der Waals surface area contributed by atoms with E-state index in [-0.39, 0.29) is 18.4 Å². The van der Waals surface area contributed by atoms with Crippen LogP contribution in [-0.2, 0) is 4.79 Å². The minimum atomic E-state index is -0.362. The first-order valence-corrected chi connectivity index (χ1v) is 10.5. The second-order valence-corrected chi connectivity index (χ2v) is 7.70. The van der Waals surface area contributed by atoms with Crippen LogP contribution < -0.4 is 10.2 Å². The highest BCUT2D eigenvalue weighted by molar-refractivity contribution is 6.39. The molecule has 2 aromatic rings. The molecular weight excluding hydrogens is 411 g/mol. The van der Waals surface area contributed by atoms with Gasteiger partial charge < -0.3 is 15.1 Å². The van der Waals surface area contributed by atoms with Gasteiger partial charge >= 0.3 is 0 Å². The van der Waals surface area contributed by atoms with Crippen LogP contribution in [0.15, 0.2) is 36.5 Å². The van der Waals surface area contributed by atoms with Crippen molar-refractivity contribution >= 4 is 46.5 Å². The molecule has 1 aliphatic rings. The Morgan fingerprint density at radius 3 is 2.45 bits per heavy atom. The molecule has 0 radical (unpaired) electrons. The first kappa shape index (κ1) is 21.4. The van der Waals surface area contributed by atoms with Gasteiger partial charge in [0.15, 0.2) is 0 Å². The molecule has 2 amide bonds. The van der Waals surface area contributed by atoms with E-state index in [1.54, 1.807) is 36.5 Å². The molecule has 154 valence electrons. The number of nitrogens with one attached hydrogen (secondary N) is 1. The van der Waals surface area contributed by atoms with E-state index >= 15 is 0 Å². The zero-order chi connectivity index (χ0) is 20.8. The molecule has 8 heteroatoms. The Labute approximate surface area is 180 Å². The molecule has 0 spiro atoms. The van der Waals surface area contributed by atoms with E-state index in [0.29, 0.717) is 33.7 Å². The van der Waals surface area contributed by atoms with E-state index in [0.717, 1.165) is 25.9 Å². The molecule has 29 heavy (non-hydrogen) atoms. The van der Waals surface area contributed by atoms with Gasteiger partial charge in [-0.05, 0) is 50.5 Å². The summed E-state index contributed by atoms with van der Waals surface area (Å²) in [4.78, 5) is 33.8. The van der Waals surface area contributed by atoms with Crippen molar-refractivity contribution < 1.29 is 9.59 Å². The SMILES string of the molecule is CCN(CC(=O)Nc1c(Cl)cccc1Cl)C(=O)c1cccnc1N1CCCCC1. The van der Waals surface area contributed by atoms with Gasteiger partial charge in [-0.25, -0.2) is 4.98 Å². The quantitative estimate of drug-likeness (QED) is 0.727. The number of likely N-dealkylation sites (N-methyl/N-ethyl adjacent to an activating group) is 1. The highest BCUT2D eigenvalue weighted by Gasteiger charge is 2.24. The predicted molar refractivity (Wildman–Crippen MR) is 117 cm³/mol. The van der Waals surface area contributed by atoms with E-state index in [4.69, 9.17) is 23.2 Å². The normalized spacial score (nSPS) is 13.8. The maximum absolute atomic E-state index is 13.2. The zero-order valence-electron chi connectivity index (χ0n) is 16.3. The molecule has 6 nitrogen and oxygen atoms in total. The van der Waals surface area contributed by atoms with Crippen molar-refractivity contribution in [1.82, 2.24) is 9.88 Å². The second-order valence-electron chi connectivity index (χ2n) is 6.89. The molecule has 1 aromatic carbocycles. The van der Waals surface area contributed by atoms with Crippen LogP contribution in [0, 0.1) is 0 Å². The van der Waals surface area contributed by atoms with Crippen molar-refractivity contribution in [2.24, 2.45) is 0 Å². The van der Waals surface area contributed by atoms with E-state index in [9.17, 15) is 9.59 Å². The standard InChI is InChI=1S/C21H24Cl2N4O2/c1-2-26(14-18(28)25-19-16(22)9-6-10-17(19)23)21(29)15-8-7-11-24-20(15)27-12-4-3-5-13-27/h6-11H,2-5,12-14H2,1H3,(H,25,28). The van der Waals surface area contributed by atoms with Gasteiger partial charge in [-0.3, -0.25) is 9.59 Å². The number of amides is 2. The van der Waals surface area contributed by atoms with E-state index in [2.05, 4.69) is 15.2 Å². The van der Waals surface area contributed by atoms with E-state index < -0.39 is 0 Å². The van der Waals surface area contributed by atoms with Crippen LogP contribution in [-0.4, -0.2) is 47.9 Å². The summed E-state index contributed by atoms with van der Waals surface area (Å²) in [6.45, 7) is 3.89. The molecule has 2 heterocycles. The number of anilines is 2. The minimum absolute atomic E-state index is 0.106. The van der Waals surface area contributed by atoms with Crippen LogP contribution in [0.25, 0.3) is 0 Å². The topological polar surface area (TPSA) is 65.5 Å². The van der Waals surface area contributed by atoms with Crippen LogP contribution in [0.5, 0.6) is 0 Å². The molecule has 0 saturated carbocycles. The summed E-state index contributed by atoms with van der Waals surface area (Å²) in [5.74, 6) is 0.102. The fourth-order valence-corrected chi connectivity index (χ4v) is 3.88. The van der Waals surface area contributed by atoms with Gasteiger partial charge in [0, 0.05) is 25.8 Å². The average molecular weight is 435 g/mol. The first-order chi connectivity index (χ1) is 14.0. The Hall–Kier alpha value is -2.31. The number of rotatable bonds is 6. The lowest BCUT2D eigenvalue weighted by Crippen LogP contribution is -2.39. The number of pyridine rings is 1. The lowest BCUT2D eigenvalue weighted by molar-refractivity contribution is -0.116. The minimum Gasteiger partial charge on any atom is -0.356 e. The Bertz CT molecular complexity index is 864. The number of hydrogen-bond donors (Lipinski definition) is 1. The van der Waals surface area contributed by atoms with Crippen molar-refractivity contribution in [3.63, 3.8) is 0 Å². The number of para-hydroxylation sites is 1. The summed E-state index contributed by atoms with van der Waals surface area (Å²) < 4.78 is 0. The molecule has 1 fully saturated rings. The van der Waals surface area contributed by atoms with Crippen LogP contribution >= 0.6 is 23.2 Å². The third-order valence-electron chi connectivity index (χ3n) is 4.90. The average Bonchev–Trinajstić information content (AvgIpc) is 2.75. The van der Waals surface area contributed by atoms with Gasteiger partial charge in [0.05, 0.1) is 21.3 Å². The Balaban J connectivity index is 1.75. The summed E-state index contributed by atoms with van der Waals surface area (Å²) >= 11 is 12.2. The first-order valence-electron chi connectivity index (χ1n) is 9.74. The Kier molecular flexibility index (Phi) is 7.34. The Morgan fingerprint density at radius 1 is 1.10 bits per heavy atom. The third kappa shape index (κ3) is 5.19. The Morgan fingerprint density at radius 2 is 1.79 bits per heavy atom. The molecule has 1 aliphatic heterocycles. The fourth-order valence-electron chi connectivity index (χ4n) is 3.39. The van der Waals surface area contributed by atoms with Crippen molar-refractivity contribution in [1.29, 1.82) is 0 Å². The molecule has 1 N–H and O–H groups in total.